The molecule has 0 aliphatic rings. The first-order chi connectivity index (χ1) is 5.79. The van der Waals surface area contributed by atoms with Crippen molar-refractivity contribution in [3.8, 4) is 0 Å². The van der Waals surface area contributed by atoms with Crippen LogP contribution < -0.4 is 0 Å². The molecule has 1 nitrogen and oxygen atoms in total. The fraction of sp³-hybridized carbons (Fsp3) is 1.00. The quantitative estimate of drug-likeness (QED) is 0.559. The van der Waals surface area contributed by atoms with Crippen LogP contribution in [0.4, 0.5) is 0 Å². The van der Waals surface area contributed by atoms with Crippen LogP contribution >= 0.6 is 11.6 Å². The van der Waals surface area contributed by atoms with Gasteiger partial charge in [0.15, 0.2) is 0 Å². The summed E-state index contributed by atoms with van der Waals surface area (Å²) >= 11 is 5.73. The highest BCUT2D eigenvalue weighted by Crippen LogP contribution is 2.10. The molecule has 2 heteroatoms. The molecule has 0 unspecified atom stereocenters. The summed E-state index contributed by atoms with van der Waals surface area (Å²) < 4.78 is 0. The molecular weight excluding hydrogens is 170 g/mol. The summed E-state index contributed by atoms with van der Waals surface area (Å²) in [7, 11) is 0. The van der Waals surface area contributed by atoms with E-state index >= 15 is 0 Å². The van der Waals surface area contributed by atoms with Crippen molar-refractivity contribution in [3.05, 3.63) is 0 Å². The first kappa shape index (κ1) is 12.2. The molecule has 0 fully saturated rings. The van der Waals surface area contributed by atoms with Gasteiger partial charge in [-0.2, -0.15) is 0 Å². The van der Waals surface area contributed by atoms with Crippen LogP contribution in [-0.2, 0) is 0 Å². The van der Waals surface area contributed by atoms with Crippen LogP contribution in [0, 0.1) is 0 Å². The molecular formula is C10H22ClN. The van der Waals surface area contributed by atoms with Crippen molar-refractivity contribution >= 4 is 11.6 Å². The van der Waals surface area contributed by atoms with Gasteiger partial charge in [-0.05, 0) is 19.4 Å². The molecule has 12 heavy (non-hydrogen) atoms. The van der Waals surface area contributed by atoms with Crippen LogP contribution in [0.2, 0.25) is 0 Å². The molecule has 0 radical (unpaired) electrons. The molecule has 0 rings (SSSR count). The van der Waals surface area contributed by atoms with E-state index in [-0.39, 0.29) is 0 Å². The Morgan fingerprint density at radius 2 is 1.92 bits per heavy atom. The van der Waals surface area contributed by atoms with Crippen molar-refractivity contribution in [2.75, 3.05) is 19.0 Å². The van der Waals surface area contributed by atoms with Crippen molar-refractivity contribution in [2.24, 2.45) is 0 Å². The molecule has 0 saturated carbocycles. The fourth-order valence-electron chi connectivity index (χ4n) is 1.69. The van der Waals surface area contributed by atoms with Crippen molar-refractivity contribution in [1.29, 1.82) is 0 Å². The van der Waals surface area contributed by atoms with Crippen LogP contribution in [0.3, 0.4) is 0 Å². The second-order valence-electron chi connectivity index (χ2n) is 3.17. The van der Waals surface area contributed by atoms with Crippen LogP contribution in [-0.4, -0.2) is 29.9 Å². The molecule has 0 spiro atoms. The van der Waals surface area contributed by atoms with Gasteiger partial charge in [-0.25, -0.2) is 0 Å². The van der Waals surface area contributed by atoms with E-state index in [0.717, 1.165) is 25.0 Å². The van der Waals surface area contributed by atoms with Gasteiger partial charge in [0.1, 0.15) is 0 Å². The van der Waals surface area contributed by atoms with Gasteiger partial charge in [0.2, 0.25) is 0 Å². The van der Waals surface area contributed by atoms with Crippen LogP contribution in [0.5, 0.6) is 0 Å². The summed E-state index contributed by atoms with van der Waals surface area (Å²) in [5.74, 6) is 0.758. The normalized spacial score (nSPS) is 13.8. The van der Waals surface area contributed by atoms with Crippen molar-refractivity contribution in [2.45, 2.75) is 46.1 Å². The molecule has 74 valence electrons. The molecule has 0 aliphatic carbocycles. The first-order valence-corrected chi connectivity index (χ1v) is 5.63. The van der Waals surface area contributed by atoms with Crippen molar-refractivity contribution in [3.63, 3.8) is 0 Å². The van der Waals surface area contributed by atoms with Gasteiger partial charge in [0.25, 0.3) is 0 Å². The average Bonchev–Trinajstić information content (AvgIpc) is 2.11. The molecule has 0 aromatic carbocycles. The van der Waals surface area contributed by atoms with E-state index in [1.807, 2.05) is 0 Å². The Bertz CT molecular complexity index is 83.8. The van der Waals surface area contributed by atoms with E-state index in [4.69, 9.17) is 11.6 Å². The number of rotatable bonds is 7. The number of alkyl halides is 1. The third-order valence-electron chi connectivity index (χ3n) is 2.39. The summed E-state index contributed by atoms with van der Waals surface area (Å²) in [6.45, 7) is 8.89. The Labute approximate surface area is 82.1 Å². The second-order valence-corrected chi connectivity index (χ2v) is 3.55. The zero-order valence-corrected chi connectivity index (χ0v) is 9.40. The van der Waals surface area contributed by atoms with Crippen LogP contribution in [0.15, 0.2) is 0 Å². The van der Waals surface area contributed by atoms with E-state index in [1.165, 1.54) is 19.3 Å². The van der Waals surface area contributed by atoms with Crippen LogP contribution in [0.1, 0.15) is 40.0 Å². The maximum atomic E-state index is 5.73. The Morgan fingerprint density at radius 3 is 2.25 bits per heavy atom. The lowest BCUT2D eigenvalue weighted by Crippen LogP contribution is -2.36. The maximum Gasteiger partial charge on any atom is 0.0351 e. The maximum absolute atomic E-state index is 5.73. The summed E-state index contributed by atoms with van der Waals surface area (Å²) in [5.41, 5.74) is 0. The average molecular weight is 192 g/mol. The Morgan fingerprint density at radius 1 is 1.25 bits per heavy atom. The molecule has 0 heterocycles. The lowest BCUT2D eigenvalue weighted by molar-refractivity contribution is 0.201. The van der Waals surface area contributed by atoms with Gasteiger partial charge >= 0.3 is 0 Å². The SMILES string of the molecule is CCC[C@H](CC)N(CC)CCCl. The van der Waals surface area contributed by atoms with E-state index < -0.39 is 0 Å². The monoisotopic (exact) mass is 191 g/mol. The Balaban J connectivity index is 3.84. The number of nitrogens with zero attached hydrogens (tertiary/aromatic N) is 1. The molecule has 0 aromatic heterocycles. The summed E-state index contributed by atoms with van der Waals surface area (Å²) in [4.78, 5) is 2.48. The smallest absolute Gasteiger partial charge is 0.0351 e. The first-order valence-electron chi connectivity index (χ1n) is 5.10. The van der Waals surface area contributed by atoms with E-state index in [2.05, 4.69) is 25.7 Å². The third-order valence-corrected chi connectivity index (χ3v) is 2.56. The van der Waals surface area contributed by atoms with E-state index in [1.54, 1.807) is 0 Å². The van der Waals surface area contributed by atoms with Crippen LogP contribution in [0.25, 0.3) is 0 Å². The van der Waals surface area contributed by atoms with Gasteiger partial charge in [-0.1, -0.05) is 27.2 Å². The lowest BCUT2D eigenvalue weighted by Gasteiger charge is -2.28. The van der Waals surface area contributed by atoms with E-state index in [0.29, 0.717) is 0 Å². The third kappa shape index (κ3) is 4.32. The zero-order chi connectivity index (χ0) is 9.40. The molecule has 1 atom stereocenters. The molecule has 0 saturated heterocycles. The molecule has 0 bridgehead atoms. The summed E-state index contributed by atoms with van der Waals surface area (Å²) in [6, 6.07) is 0.749. The largest absolute Gasteiger partial charge is 0.299 e. The standard InChI is InChI=1S/C10H22ClN/c1-4-7-10(5-2)12(6-3)9-8-11/h10H,4-9H2,1-3H3/t10-/m0/s1. The van der Waals surface area contributed by atoms with Gasteiger partial charge in [-0.15, -0.1) is 11.6 Å². The molecule has 0 aliphatic heterocycles. The zero-order valence-electron chi connectivity index (χ0n) is 8.65. The molecule has 0 N–H and O–H groups in total. The summed E-state index contributed by atoms with van der Waals surface area (Å²) in [6.07, 6.45) is 3.83. The highest BCUT2D eigenvalue weighted by atomic mass is 35.5. The topological polar surface area (TPSA) is 3.24 Å². The number of hydrogen-bond acceptors (Lipinski definition) is 1. The fourth-order valence-corrected chi connectivity index (χ4v) is 1.90. The lowest BCUT2D eigenvalue weighted by atomic mass is 10.1. The number of halogens is 1. The van der Waals surface area contributed by atoms with Gasteiger partial charge < -0.3 is 0 Å². The predicted molar refractivity (Wildman–Crippen MR) is 57.0 cm³/mol. The minimum absolute atomic E-state index is 0.749. The summed E-state index contributed by atoms with van der Waals surface area (Å²) in [5, 5.41) is 0. The number of hydrogen-bond donors (Lipinski definition) is 0. The highest BCUT2D eigenvalue weighted by molar-refractivity contribution is 6.18. The Kier molecular flexibility index (Phi) is 8.04. The highest BCUT2D eigenvalue weighted by Gasteiger charge is 2.12. The van der Waals surface area contributed by atoms with Crippen molar-refractivity contribution < 1.29 is 0 Å². The van der Waals surface area contributed by atoms with E-state index in [9.17, 15) is 0 Å². The van der Waals surface area contributed by atoms with Crippen molar-refractivity contribution in [1.82, 2.24) is 4.90 Å². The molecule has 0 amide bonds. The second kappa shape index (κ2) is 7.88. The van der Waals surface area contributed by atoms with Gasteiger partial charge in [0, 0.05) is 18.5 Å². The Hall–Kier alpha value is 0.250. The predicted octanol–water partition coefficient (Wildman–Crippen LogP) is 3.13. The van der Waals surface area contributed by atoms with Gasteiger partial charge in [0.05, 0.1) is 0 Å². The molecule has 0 aromatic rings. The minimum atomic E-state index is 0.749. The minimum Gasteiger partial charge on any atom is -0.299 e. The van der Waals surface area contributed by atoms with Gasteiger partial charge in [-0.3, -0.25) is 4.90 Å².